The van der Waals surface area contributed by atoms with Crippen LogP contribution in [0.1, 0.15) is 32.4 Å². The summed E-state index contributed by atoms with van der Waals surface area (Å²) in [5.41, 5.74) is -0.410. The molecule has 0 saturated heterocycles. The molecule has 0 bridgehead atoms. The van der Waals surface area contributed by atoms with Gasteiger partial charge in [-0.1, -0.05) is 30.3 Å². The molecule has 1 unspecified atom stereocenters. The van der Waals surface area contributed by atoms with E-state index in [1.807, 2.05) is 0 Å². The number of benzene rings is 1. The van der Waals surface area contributed by atoms with Crippen molar-refractivity contribution >= 4 is 5.97 Å². The predicted molar refractivity (Wildman–Crippen MR) is 62.0 cm³/mol. The summed E-state index contributed by atoms with van der Waals surface area (Å²) in [6.07, 6.45) is 0. The minimum absolute atomic E-state index is 0.326. The largest absolute Gasteiger partial charge is 0.455 e. The number of nitrogens with zero attached hydrogens (tertiary/aromatic N) is 1. The van der Waals surface area contributed by atoms with E-state index in [1.165, 1.54) is 12.1 Å². The molecular formula is C12H15NO4. The van der Waals surface area contributed by atoms with Crippen molar-refractivity contribution < 1.29 is 14.5 Å². The molecule has 0 aromatic heterocycles. The third kappa shape index (κ3) is 3.86. The summed E-state index contributed by atoms with van der Waals surface area (Å²) in [6, 6.07) is 6.65. The Morgan fingerprint density at radius 3 is 2.24 bits per heavy atom. The van der Waals surface area contributed by atoms with Gasteiger partial charge in [-0.25, -0.2) is 4.79 Å². The monoisotopic (exact) mass is 237 g/mol. The van der Waals surface area contributed by atoms with E-state index < -0.39 is 22.5 Å². The summed E-state index contributed by atoms with van der Waals surface area (Å²) < 4.78 is 5.03. The van der Waals surface area contributed by atoms with Gasteiger partial charge in [0.15, 0.2) is 0 Å². The van der Waals surface area contributed by atoms with E-state index in [9.17, 15) is 14.9 Å². The van der Waals surface area contributed by atoms with Gasteiger partial charge in [0.2, 0.25) is 0 Å². The molecule has 17 heavy (non-hydrogen) atoms. The third-order valence-corrected chi connectivity index (χ3v) is 1.96. The summed E-state index contributed by atoms with van der Waals surface area (Å²) in [7, 11) is 0. The van der Waals surface area contributed by atoms with Crippen LogP contribution >= 0.6 is 0 Å². The zero-order valence-corrected chi connectivity index (χ0v) is 10.0. The number of esters is 1. The van der Waals surface area contributed by atoms with Crippen molar-refractivity contribution in [2.75, 3.05) is 0 Å². The van der Waals surface area contributed by atoms with Gasteiger partial charge in [-0.3, -0.25) is 10.1 Å². The summed E-state index contributed by atoms with van der Waals surface area (Å²) in [5.74, 6) is -0.839. The van der Waals surface area contributed by atoms with Crippen LogP contribution in [0, 0.1) is 10.1 Å². The molecule has 0 spiro atoms. The number of ether oxygens (including phenoxy) is 1. The highest BCUT2D eigenvalue weighted by Gasteiger charge is 2.35. The van der Waals surface area contributed by atoms with Crippen molar-refractivity contribution in [2.24, 2.45) is 0 Å². The SMILES string of the molecule is CC(C)(C)OC(=O)C(c1ccccc1)[N+](=O)[O-]. The first kappa shape index (κ1) is 13.2. The molecule has 0 aliphatic carbocycles. The van der Waals surface area contributed by atoms with Crippen molar-refractivity contribution in [2.45, 2.75) is 32.4 Å². The Morgan fingerprint density at radius 2 is 1.82 bits per heavy atom. The minimum atomic E-state index is -1.46. The van der Waals surface area contributed by atoms with Gasteiger partial charge >= 0.3 is 12.0 Å². The van der Waals surface area contributed by atoms with E-state index in [0.29, 0.717) is 5.56 Å². The molecule has 0 aliphatic rings. The molecule has 0 amide bonds. The number of hydrogen-bond acceptors (Lipinski definition) is 4. The molecule has 92 valence electrons. The van der Waals surface area contributed by atoms with Crippen molar-refractivity contribution in [1.82, 2.24) is 0 Å². The van der Waals surface area contributed by atoms with Crippen LogP contribution in [0.15, 0.2) is 30.3 Å². The molecular weight excluding hydrogens is 222 g/mol. The maximum atomic E-state index is 11.7. The Kier molecular flexibility index (Phi) is 3.83. The second-order valence-corrected chi connectivity index (χ2v) is 4.63. The molecule has 0 saturated carbocycles. The summed E-state index contributed by atoms with van der Waals surface area (Å²) in [4.78, 5) is 22.0. The maximum Gasteiger partial charge on any atom is 0.387 e. The van der Waals surface area contributed by atoms with Gasteiger partial charge < -0.3 is 4.74 Å². The first-order valence-electron chi connectivity index (χ1n) is 5.22. The van der Waals surface area contributed by atoms with Crippen LogP contribution in [-0.2, 0) is 9.53 Å². The molecule has 0 fully saturated rings. The number of rotatable bonds is 3. The Labute approximate surface area is 99.5 Å². The van der Waals surface area contributed by atoms with Gasteiger partial charge in [0.05, 0.1) is 0 Å². The quantitative estimate of drug-likeness (QED) is 0.459. The highest BCUT2D eigenvalue weighted by Crippen LogP contribution is 2.21. The normalized spacial score (nSPS) is 12.9. The van der Waals surface area contributed by atoms with E-state index in [4.69, 9.17) is 4.74 Å². The second kappa shape index (κ2) is 4.95. The second-order valence-electron chi connectivity index (χ2n) is 4.63. The fourth-order valence-electron chi connectivity index (χ4n) is 1.34. The molecule has 0 aliphatic heterocycles. The average Bonchev–Trinajstić information content (AvgIpc) is 2.15. The van der Waals surface area contributed by atoms with Crippen molar-refractivity contribution in [3.05, 3.63) is 46.0 Å². The Morgan fingerprint density at radius 1 is 1.29 bits per heavy atom. The molecule has 0 heterocycles. The lowest BCUT2D eigenvalue weighted by molar-refractivity contribution is -0.517. The van der Waals surface area contributed by atoms with Crippen molar-refractivity contribution in [3.8, 4) is 0 Å². The average molecular weight is 237 g/mol. The molecule has 0 N–H and O–H groups in total. The van der Waals surface area contributed by atoms with Crippen molar-refractivity contribution in [1.29, 1.82) is 0 Å². The van der Waals surface area contributed by atoms with Crippen LogP contribution in [0.25, 0.3) is 0 Å². The van der Waals surface area contributed by atoms with E-state index in [1.54, 1.807) is 39.0 Å². The lowest BCUT2D eigenvalue weighted by atomic mass is 10.1. The fourth-order valence-corrected chi connectivity index (χ4v) is 1.34. The standard InChI is InChI=1S/C12H15NO4/c1-12(2,3)17-11(14)10(13(15)16)9-7-5-4-6-8-9/h4-8,10H,1-3H3. The summed E-state index contributed by atoms with van der Waals surface area (Å²) in [5, 5.41) is 10.9. The number of carbonyl (C=O) groups excluding carboxylic acids is 1. The molecule has 1 rings (SSSR count). The van der Waals surface area contributed by atoms with Crippen LogP contribution in [-0.4, -0.2) is 16.5 Å². The van der Waals surface area contributed by atoms with E-state index >= 15 is 0 Å². The zero-order chi connectivity index (χ0) is 13.1. The molecule has 5 nitrogen and oxygen atoms in total. The first-order chi connectivity index (χ1) is 7.81. The number of hydrogen-bond donors (Lipinski definition) is 0. The van der Waals surface area contributed by atoms with E-state index in [0.717, 1.165) is 0 Å². The highest BCUT2D eigenvalue weighted by atomic mass is 16.6. The Hall–Kier alpha value is -1.91. The first-order valence-corrected chi connectivity index (χ1v) is 5.22. The summed E-state index contributed by atoms with van der Waals surface area (Å²) >= 11 is 0. The van der Waals surface area contributed by atoms with Crippen LogP contribution in [0.3, 0.4) is 0 Å². The summed E-state index contributed by atoms with van der Waals surface area (Å²) in [6.45, 7) is 5.02. The van der Waals surface area contributed by atoms with Crippen LogP contribution in [0.5, 0.6) is 0 Å². The zero-order valence-electron chi connectivity index (χ0n) is 10.0. The minimum Gasteiger partial charge on any atom is -0.455 e. The smallest absolute Gasteiger partial charge is 0.387 e. The molecule has 5 heteroatoms. The molecule has 1 aromatic rings. The number of nitro groups is 1. The van der Waals surface area contributed by atoms with Gasteiger partial charge in [0, 0.05) is 10.5 Å². The molecule has 1 aromatic carbocycles. The Balaban J connectivity index is 2.96. The molecule has 1 atom stereocenters. The van der Waals surface area contributed by atoms with Gasteiger partial charge in [-0.2, -0.15) is 0 Å². The van der Waals surface area contributed by atoms with Crippen LogP contribution in [0.2, 0.25) is 0 Å². The maximum absolute atomic E-state index is 11.7. The fraction of sp³-hybridized carbons (Fsp3) is 0.417. The van der Waals surface area contributed by atoms with Gasteiger partial charge in [0.25, 0.3) is 0 Å². The van der Waals surface area contributed by atoms with E-state index in [2.05, 4.69) is 0 Å². The van der Waals surface area contributed by atoms with Gasteiger partial charge in [-0.05, 0) is 20.8 Å². The predicted octanol–water partition coefficient (Wildman–Crippen LogP) is 2.35. The lowest BCUT2D eigenvalue weighted by Crippen LogP contribution is -2.31. The van der Waals surface area contributed by atoms with Crippen LogP contribution < -0.4 is 0 Å². The van der Waals surface area contributed by atoms with E-state index in [-0.39, 0.29) is 0 Å². The van der Waals surface area contributed by atoms with Gasteiger partial charge in [0.1, 0.15) is 5.60 Å². The van der Waals surface area contributed by atoms with Crippen molar-refractivity contribution in [3.63, 3.8) is 0 Å². The third-order valence-electron chi connectivity index (χ3n) is 1.96. The Bertz CT molecular complexity index is 408. The van der Waals surface area contributed by atoms with Crippen LogP contribution in [0.4, 0.5) is 0 Å². The number of carbonyl (C=O) groups is 1. The van der Waals surface area contributed by atoms with Gasteiger partial charge in [-0.15, -0.1) is 0 Å². The topological polar surface area (TPSA) is 69.4 Å². The molecule has 0 radical (unpaired) electrons. The lowest BCUT2D eigenvalue weighted by Gasteiger charge is -2.20. The highest BCUT2D eigenvalue weighted by molar-refractivity contribution is 5.76.